The number of halogens is 2. The summed E-state index contributed by atoms with van der Waals surface area (Å²) in [5.74, 6) is -0.146. The van der Waals surface area contributed by atoms with Crippen LogP contribution in [0.4, 0.5) is 13.6 Å². The summed E-state index contributed by atoms with van der Waals surface area (Å²) < 4.78 is 27.2. The summed E-state index contributed by atoms with van der Waals surface area (Å²) in [6.07, 6.45) is 0. The third-order valence-electron chi connectivity index (χ3n) is 4.25. The van der Waals surface area contributed by atoms with Gasteiger partial charge in [-0.05, 0) is 27.7 Å². The molecule has 104 valence electrons. The summed E-state index contributed by atoms with van der Waals surface area (Å²) in [6, 6.07) is -0.0731. The first-order valence-electron chi connectivity index (χ1n) is 6.50. The molecule has 2 aliphatic heterocycles. The molecular formula is C13H22F2N2O. The Labute approximate surface area is 107 Å². The first-order chi connectivity index (χ1) is 8.09. The lowest BCUT2D eigenvalue weighted by atomic mass is 9.84. The van der Waals surface area contributed by atoms with Crippen molar-refractivity contribution >= 4 is 6.03 Å². The van der Waals surface area contributed by atoms with Crippen LogP contribution in [0.5, 0.6) is 0 Å². The number of rotatable bonds is 2. The Morgan fingerprint density at radius 1 is 0.889 bits per heavy atom. The van der Waals surface area contributed by atoms with E-state index in [1.165, 1.54) is 0 Å². The number of carbonyl (C=O) groups excluding carboxylic acids is 1. The average molecular weight is 260 g/mol. The molecule has 0 spiro atoms. The molecule has 0 unspecified atom stereocenters. The molecule has 0 aromatic heterocycles. The normalized spacial score (nSPS) is 22.8. The van der Waals surface area contributed by atoms with E-state index in [4.69, 9.17) is 0 Å². The molecule has 0 atom stereocenters. The zero-order chi connectivity index (χ0) is 13.7. The number of likely N-dealkylation sites (tertiary alicyclic amines) is 2. The number of urea groups is 1. The van der Waals surface area contributed by atoms with E-state index in [2.05, 4.69) is 0 Å². The van der Waals surface area contributed by atoms with Gasteiger partial charge >= 0.3 is 6.03 Å². The molecule has 2 saturated heterocycles. The van der Waals surface area contributed by atoms with E-state index in [0.29, 0.717) is 26.2 Å². The largest absolute Gasteiger partial charge is 0.324 e. The highest BCUT2D eigenvalue weighted by Crippen LogP contribution is 2.34. The van der Waals surface area contributed by atoms with Crippen molar-refractivity contribution in [3.05, 3.63) is 0 Å². The van der Waals surface area contributed by atoms with E-state index in [-0.39, 0.29) is 17.9 Å². The summed E-state index contributed by atoms with van der Waals surface area (Å²) in [4.78, 5) is 15.3. The van der Waals surface area contributed by atoms with Crippen molar-refractivity contribution in [3.8, 4) is 0 Å². The van der Waals surface area contributed by atoms with E-state index < -0.39 is 11.3 Å². The second-order valence-electron chi connectivity index (χ2n) is 6.62. The number of carbonyl (C=O) groups is 1. The monoisotopic (exact) mass is 260 g/mol. The van der Waals surface area contributed by atoms with Crippen molar-refractivity contribution < 1.29 is 13.6 Å². The van der Waals surface area contributed by atoms with Gasteiger partial charge in [0.2, 0.25) is 0 Å². The van der Waals surface area contributed by atoms with E-state index in [9.17, 15) is 13.6 Å². The summed E-state index contributed by atoms with van der Waals surface area (Å²) in [7, 11) is 0. The summed E-state index contributed by atoms with van der Waals surface area (Å²) in [6.45, 7) is 8.08. The fourth-order valence-corrected chi connectivity index (χ4v) is 2.34. The number of amides is 2. The van der Waals surface area contributed by atoms with Crippen molar-refractivity contribution in [2.45, 2.75) is 39.0 Å². The molecular weight excluding hydrogens is 238 g/mol. The maximum atomic E-state index is 13.6. The SMILES string of the molecule is CC(C)(F)C1CN(C(=O)N2CC(C(C)(C)F)C2)C1. The lowest BCUT2D eigenvalue weighted by Gasteiger charge is -2.50. The molecule has 5 heteroatoms. The first kappa shape index (κ1) is 13.6. The van der Waals surface area contributed by atoms with Crippen LogP contribution in [0.2, 0.25) is 0 Å². The molecule has 3 nitrogen and oxygen atoms in total. The quantitative estimate of drug-likeness (QED) is 0.748. The molecule has 2 amide bonds. The van der Waals surface area contributed by atoms with Gasteiger partial charge in [-0.2, -0.15) is 0 Å². The second-order valence-corrected chi connectivity index (χ2v) is 6.62. The smallest absolute Gasteiger partial charge is 0.320 e. The molecule has 18 heavy (non-hydrogen) atoms. The van der Waals surface area contributed by atoms with Crippen LogP contribution < -0.4 is 0 Å². The van der Waals surface area contributed by atoms with Gasteiger partial charge in [0.15, 0.2) is 0 Å². The molecule has 2 fully saturated rings. The number of alkyl halides is 2. The average Bonchev–Trinajstić information content (AvgIpc) is 1.90. The van der Waals surface area contributed by atoms with Gasteiger partial charge in [0.05, 0.1) is 0 Å². The maximum absolute atomic E-state index is 13.6. The van der Waals surface area contributed by atoms with Crippen LogP contribution in [-0.4, -0.2) is 53.3 Å². The third-order valence-corrected chi connectivity index (χ3v) is 4.25. The van der Waals surface area contributed by atoms with Gasteiger partial charge < -0.3 is 9.80 Å². The molecule has 2 rings (SSSR count). The highest BCUT2D eigenvalue weighted by atomic mass is 19.1. The van der Waals surface area contributed by atoms with Gasteiger partial charge in [0.1, 0.15) is 11.3 Å². The number of nitrogens with zero attached hydrogens (tertiary/aromatic N) is 2. The van der Waals surface area contributed by atoms with Gasteiger partial charge in [0, 0.05) is 38.0 Å². The lowest BCUT2D eigenvalue weighted by Crippen LogP contribution is -2.64. The second kappa shape index (κ2) is 4.07. The van der Waals surface area contributed by atoms with Crippen LogP contribution in [0.15, 0.2) is 0 Å². The topological polar surface area (TPSA) is 23.6 Å². The van der Waals surface area contributed by atoms with Crippen molar-refractivity contribution in [3.63, 3.8) is 0 Å². The van der Waals surface area contributed by atoms with E-state index in [0.717, 1.165) is 0 Å². The fourth-order valence-electron chi connectivity index (χ4n) is 2.34. The predicted molar refractivity (Wildman–Crippen MR) is 65.9 cm³/mol. The molecule has 0 aromatic rings. The van der Waals surface area contributed by atoms with Crippen LogP contribution in [-0.2, 0) is 0 Å². The van der Waals surface area contributed by atoms with Crippen LogP contribution in [0, 0.1) is 11.8 Å². The minimum atomic E-state index is -1.23. The Kier molecular flexibility index (Phi) is 3.06. The highest BCUT2D eigenvalue weighted by molar-refractivity contribution is 5.76. The Balaban J connectivity index is 1.76. The van der Waals surface area contributed by atoms with Crippen molar-refractivity contribution in [1.29, 1.82) is 0 Å². The maximum Gasteiger partial charge on any atom is 0.320 e. The first-order valence-corrected chi connectivity index (χ1v) is 6.50. The minimum Gasteiger partial charge on any atom is -0.324 e. The Bertz CT molecular complexity index is 302. The van der Waals surface area contributed by atoms with Gasteiger partial charge in [0.25, 0.3) is 0 Å². The van der Waals surface area contributed by atoms with E-state index in [1.807, 2.05) is 0 Å². The molecule has 0 saturated carbocycles. The summed E-state index contributed by atoms with van der Waals surface area (Å²) in [5, 5.41) is 0. The molecule has 0 radical (unpaired) electrons. The number of hydrogen-bond acceptors (Lipinski definition) is 1. The minimum absolute atomic E-state index is 0.0730. The van der Waals surface area contributed by atoms with Crippen LogP contribution in [0.3, 0.4) is 0 Å². The van der Waals surface area contributed by atoms with Crippen LogP contribution in [0.25, 0.3) is 0 Å². The van der Waals surface area contributed by atoms with Crippen LogP contribution >= 0.6 is 0 Å². The third kappa shape index (κ3) is 2.45. The molecule has 0 aromatic carbocycles. The Morgan fingerprint density at radius 2 is 1.17 bits per heavy atom. The van der Waals surface area contributed by atoms with Gasteiger partial charge in [-0.15, -0.1) is 0 Å². The van der Waals surface area contributed by atoms with E-state index in [1.54, 1.807) is 37.5 Å². The fraction of sp³-hybridized carbons (Fsp3) is 0.923. The zero-order valence-electron chi connectivity index (χ0n) is 11.5. The standard InChI is InChI=1S/C13H22F2N2O/c1-12(2,14)9-5-16(6-9)11(18)17-7-10(8-17)13(3,4)15/h9-10H,5-8H2,1-4H3. The van der Waals surface area contributed by atoms with Gasteiger partial charge in [-0.25, -0.2) is 13.6 Å². The van der Waals surface area contributed by atoms with Crippen LogP contribution in [0.1, 0.15) is 27.7 Å². The van der Waals surface area contributed by atoms with Gasteiger partial charge in [-0.3, -0.25) is 0 Å². The van der Waals surface area contributed by atoms with Crippen molar-refractivity contribution in [2.75, 3.05) is 26.2 Å². The van der Waals surface area contributed by atoms with Crippen molar-refractivity contribution in [2.24, 2.45) is 11.8 Å². The zero-order valence-corrected chi connectivity index (χ0v) is 11.5. The summed E-state index contributed by atoms with van der Waals surface area (Å²) >= 11 is 0. The molecule has 2 aliphatic rings. The Hall–Kier alpha value is -0.870. The molecule has 0 bridgehead atoms. The highest BCUT2D eigenvalue weighted by Gasteiger charge is 2.46. The lowest BCUT2D eigenvalue weighted by molar-refractivity contribution is -0.0265. The number of hydrogen-bond donors (Lipinski definition) is 0. The predicted octanol–water partition coefficient (Wildman–Crippen LogP) is 2.47. The Morgan fingerprint density at radius 3 is 1.39 bits per heavy atom. The molecule has 2 heterocycles. The van der Waals surface area contributed by atoms with Gasteiger partial charge in [-0.1, -0.05) is 0 Å². The van der Waals surface area contributed by atoms with E-state index >= 15 is 0 Å². The summed E-state index contributed by atoms with van der Waals surface area (Å²) in [5.41, 5.74) is -2.45. The molecule has 0 N–H and O–H groups in total. The molecule has 0 aliphatic carbocycles. The van der Waals surface area contributed by atoms with Crippen molar-refractivity contribution in [1.82, 2.24) is 9.80 Å².